The largest absolute Gasteiger partial charge is 0.317 e. The maximum absolute atomic E-state index is 12.0. The maximum Gasteiger partial charge on any atom is 0.215 e. The highest BCUT2D eigenvalue weighted by Gasteiger charge is 2.38. The molecule has 0 radical (unpaired) electrons. The first kappa shape index (κ1) is 13.3. The van der Waals surface area contributed by atoms with Crippen LogP contribution < -0.4 is 10.0 Å². The zero-order valence-corrected chi connectivity index (χ0v) is 11.2. The first-order valence-corrected chi connectivity index (χ1v) is 9.18. The van der Waals surface area contributed by atoms with Crippen LogP contribution in [0.3, 0.4) is 0 Å². The lowest BCUT2D eigenvalue weighted by Gasteiger charge is -2.24. The molecular formula is C9H18N2O4S2. The van der Waals surface area contributed by atoms with Crippen molar-refractivity contribution < 1.29 is 16.8 Å². The lowest BCUT2D eigenvalue weighted by molar-refractivity contribution is 0.425. The average molecular weight is 282 g/mol. The number of nitrogens with one attached hydrogen (secondary N) is 2. The van der Waals surface area contributed by atoms with E-state index in [1.807, 2.05) is 0 Å². The molecule has 2 heterocycles. The fourth-order valence-electron chi connectivity index (χ4n) is 2.27. The number of rotatable bonds is 3. The van der Waals surface area contributed by atoms with Crippen molar-refractivity contribution >= 4 is 19.9 Å². The second-order valence-corrected chi connectivity index (χ2v) is 8.93. The van der Waals surface area contributed by atoms with Crippen molar-refractivity contribution in [1.29, 1.82) is 0 Å². The summed E-state index contributed by atoms with van der Waals surface area (Å²) in [6.45, 7) is 1.60. The normalized spacial score (nSPS) is 30.5. The van der Waals surface area contributed by atoms with E-state index in [1.165, 1.54) is 0 Å². The summed E-state index contributed by atoms with van der Waals surface area (Å²) in [6.07, 6.45) is 1.75. The molecule has 2 saturated heterocycles. The SMILES string of the molecule is O=S1(=O)CCC(S(=O)(=O)NC2CCNCC2)C1. The fourth-order valence-corrected chi connectivity index (χ4v) is 6.63. The van der Waals surface area contributed by atoms with Gasteiger partial charge in [0.2, 0.25) is 10.0 Å². The second-order valence-electron chi connectivity index (χ2n) is 4.71. The summed E-state index contributed by atoms with van der Waals surface area (Å²) in [5.74, 6) is -0.238. The number of hydrogen-bond acceptors (Lipinski definition) is 5. The van der Waals surface area contributed by atoms with E-state index in [1.54, 1.807) is 0 Å². The van der Waals surface area contributed by atoms with Gasteiger partial charge < -0.3 is 5.32 Å². The molecule has 100 valence electrons. The van der Waals surface area contributed by atoms with Crippen molar-refractivity contribution in [1.82, 2.24) is 10.0 Å². The third kappa shape index (κ3) is 3.40. The molecule has 2 aliphatic heterocycles. The number of sulfone groups is 1. The van der Waals surface area contributed by atoms with Gasteiger partial charge in [0.1, 0.15) is 0 Å². The van der Waals surface area contributed by atoms with Crippen LogP contribution >= 0.6 is 0 Å². The maximum atomic E-state index is 12.0. The Labute approximate surface area is 102 Å². The minimum absolute atomic E-state index is 0.00913. The van der Waals surface area contributed by atoms with Crippen LogP contribution in [0.15, 0.2) is 0 Å². The highest BCUT2D eigenvalue weighted by molar-refractivity contribution is 7.95. The molecule has 0 aromatic rings. The third-order valence-corrected chi connectivity index (χ3v) is 7.22. The Bertz CT molecular complexity index is 465. The zero-order valence-electron chi connectivity index (χ0n) is 9.55. The molecule has 0 spiro atoms. The standard InChI is InChI=1S/C9H18N2O4S2/c12-16(13)6-3-9(7-16)17(14,15)11-8-1-4-10-5-2-8/h8-11H,1-7H2. The summed E-state index contributed by atoms with van der Waals surface area (Å²) in [6, 6.07) is -0.0513. The lowest BCUT2D eigenvalue weighted by atomic mass is 10.1. The summed E-state index contributed by atoms with van der Waals surface area (Å²) in [7, 11) is -6.64. The van der Waals surface area contributed by atoms with E-state index in [0.29, 0.717) is 0 Å². The van der Waals surface area contributed by atoms with Crippen molar-refractivity contribution in [2.75, 3.05) is 24.6 Å². The van der Waals surface area contributed by atoms with Gasteiger partial charge in [-0.3, -0.25) is 0 Å². The number of piperidine rings is 1. The van der Waals surface area contributed by atoms with Gasteiger partial charge in [-0.15, -0.1) is 0 Å². The highest BCUT2D eigenvalue weighted by Crippen LogP contribution is 2.19. The Morgan fingerprint density at radius 3 is 2.29 bits per heavy atom. The van der Waals surface area contributed by atoms with Crippen molar-refractivity contribution in [3.8, 4) is 0 Å². The smallest absolute Gasteiger partial charge is 0.215 e. The van der Waals surface area contributed by atoms with E-state index in [0.717, 1.165) is 25.9 Å². The fraction of sp³-hybridized carbons (Fsp3) is 1.00. The van der Waals surface area contributed by atoms with Gasteiger partial charge in [-0.2, -0.15) is 0 Å². The van der Waals surface area contributed by atoms with Crippen LogP contribution in [0.5, 0.6) is 0 Å². The first-order chi connectivity index (χ1) is 7.89. The lowest BCUT2D eigenvalue weighted by Crippen LogP contribution is -2.46. The molecule has 2 fully saturated rings. The summed E-state index contributed by atoms with van der Waals surface area (Å²) in [4.78, 5) is 0. The van der Waals surface area contributed by atoms with E-state index in [-0.39, 0.29) is 24.0 Å². The van der Waals surface area contributed by atoms with Crippen LogP contribution in [0.1, 0.15) is 19.3 Å². The van der Waals surface area contributed by atoms with Crippen LogP contribution in [0, 0.1) is 0 Å². The topological polar surface area (TPSA) is 92.3 Å². The predicted octanol–water partition coefficient (Wildman–Crippen LogP) is -1.16. The Kier molecular flexibility index (Phi) is 3.77. The average Bonchev–Trinajstić information content (AvgIpc) is 2.60. The molecule has 0 aromatic carbocycles. The van der Waals surface area contributed by atoms with Gasteiger partial charge in [-0.05, 0) is 32.4 Å². The van der Waals surface area contributed by atoms with Crippen LogP contribution in [0.25, 0.3) is 0 Å². The van der Waals surface area contributed by atoms with Crippen LogP contribution in [-0.2, 0) is 19.9 Å². The molecule has 1 atom stereocenters. The van der Waals surface area contributed by atoms with Crippen molar-refractivity contribution in [3.05, 3.63) is 0 Å². The van der Waals surface area contributed by atoms with Gasteiger partial charge in [-0.25, -0.2) is 21.6 Å². The number of sulfonamides is 1. The van der Waals surface area contributed by atoms with Gasteiger partial charge in [0.15, 0.2) is 9.84 Å². The Morgan fingerprint density at radius 1 is 1.12 bits per heavy atom. The minimum Gasteiger partial charge on any atom is -0.317 e. The van der Waals surface area contributed by atoms with Crippen molar-refractivity contribution in [2.45, 2.75) is 30.6 Å². The molecule has 2 N–H and O–H groups in total. The quantitative estimate of drug-likeness (QED) is 0.681. The van der Waals surface area contributed by atoms with Gasteiger partial charge in [-0.1, -0.05) is 0 Å². The third-order valence-electron chi connectivity index (χ3n) is 3.30. The molecule has 2 rings (SSSR count). The molecule has 1 unspecified atom stereocenters. The van der Waals surface area contributed by atoms with E-state index in [2.05, 4.69) is 10.0 Å². The van der Waals surface area contributed by atoms with Crippen LogP contribution in [-0.4, -0.2) is 52.7 Å². The summed E-state index contributed by atoms with van der Waals surface area (Å²) >= 11 is 0. The second kappa shape index (κ2) is 4.83. The summed E-state index contributed by atoms with van der Waals surface area (Å²) in [5, 5.41) is 2.39. The van der Waals surface area contributed by atoms with E-state index >= 15 is 0 Å². The minimum atomic E-state index is -3.49. The monoisotopic (exact) mass is 282 g/mol. The molecule has 0 amide bonds. The molecular weight excluding hydrogens is 264 g/mol. The molecule has 0 saturated carbocycles. The van der Waals surface area contributed by atoms with Gasteiger partial charge in [0.25, 0.3) is 0 Å². The van der Waals surface area contributed by atoms with Crippen LogP contribution in [0.4, 0.5) is 0 Å². The van der Waals surface area contributed by atoms with E-state index in [4.69, 9.17) is 0 Å². The van der Waals surface area contributed by atoms with Gasteiger partial charge >= 0.3 is 0 Å². The summed E-state index contributed by atoms with van der Waals surface area (Å²) < 4.78 is 49.2. The molecule has 0 aromatic heterocycles. The van der Waals surface area contributed by atoms with Gasteiger partial charge in [0, 0.05) is 6.04 Å². The zero-order chi connectivity index (χ0) is 12.5. The summed E-state index contributed by atoms with van der Waals surface area (Å²) in [5.41, 5.74) is 0. The van der Waals surface area contributed by atoms with E-state index < -0.39 is 25.1 Å². The molecule has 6 nitrogen and oxygen atoms in total. The van der Waals surface area contributed by atoms with E-state index in [9.17, 15) is 16.8 Å². The Morgan fingerprint density at radius 2 is 1.76 bits per heavy atom. The Balaban J connectivity index is 1.99. The van der Waals surface area contributed by atoms with Gasteiger partial charge in [0.05, 0.1) is 16.8 Å². The molecule has 17 heavy (non-hydrogen) atoms. The molecule has 8 heteroatoms. The highest BCUT2D eigenvalue weighted by atomic mass is 32.2. The van der Waals surface area contributed by atoms with Crippen LogP contribution in [0.2, 0.25) is 0 Å². The molecule has 0 aliphatic carbocycles. The molecule has 2 aliphatic rings. The van der Waals surface area contributed by atoms with Crippen molar-refractivity contribution in [3.63, 3.8) is 0 Å². The molecule has 0 bridgehead atoms. The predicted molar refractivity (Wildman–Crippen MR) is 65.0 cm³/mol. The first-order valence-electron chi connectivity index (χ1n) is 5.81. The number of hydrogen-bond donors (Lipinski definition) is 2. The van der Waals surface area contributed by atoms with Crippen molar-refractivity contribution in [2.24, 2.45) is 0 Å². The Hall–Kier alpha value is -0.180.